The zero-order chi connectivity index (χ0) is 20.1. The fourth-order valence-electron chi connectivity index (χ4n) is 3.19. The van der Waals surface area contributed by atoms with Gasteiger partial charge in [-0.15, -0.1) is 0 Å². The smallest absolute Gasteiger partial charge is 0.261 e. The lowest BCUT2D eigenvalue weighted by molar-refractivity contribution is 0.748. The molecule has 0 aliphatic heterocycles. The zero-order valence-electron chi connectivity index (χ0n) is 15.8. The normalized spacial score (nSPS) is 10.5. The van der Waals surface area contributed by atoms with Crippen LogP contribution < -0.4 is 5.56 Å². The molecule has 0 spiro atoms. The standard InChI is InChI=1S/C25H19ClN2O/c26-22-12-6-11-21(15-22)17-28-18-27-24-14-13-20(16-23(24)25(28)29)10-5-4-9-19-7-2-1-3-8-19/h1-3,6-8,11-16,18H,9-10,17H2. The maximum Gasteiger partial charge on any atom is 0.261 e. The van der Waals surface area contributed by atoms with Crippen molar-refractivity contribution in [3.63, 3.8) is 0 Å². The number of hydrogen-bond donors (Lipinski definition) is 0. The number of benzene rings is 3. The highest BCUT2D eigenvalue weighted by molar-refractivity contribution is 6.30. The van der Waals surface area contributed by atoms with Crippen LogP contribution in [0.5, 0.6) is 0 Å². The molecule has 0 atom stereocenters. The molecule has 0 unspecified atom stereocenters. The summed E-state index contributed by atoms with van der Waals surface area (Å²) in [6, 6.07) is 23.4. The van der Waals surface area contributed by atoms with Gasteiger partial charge in [-0.3, -0.25) is 9.36 Å². The van der Waals surface area contributed by atoms with Crippen LogP contribution in [-0.2, 0) is 19.4 Å². The van der Waals surface area contributed by atoms with Crippen molar-refractivity contribution in [2.75, 3.05) is 0 Å². The first kappa shape index (κ1) is 19.0. The van der Waals surface area contributed by atoms with Crippen LogP contribution in [0.25, 0.3) is 10.9 Å². The molecule has 0 amide bonds. The van der Waals surface area contributed by atoms with E-state index >= 15 is 0 Å². The highest BCUT2D eigenvalue weighted by Gasteiger charge is 2.06. The average molecular weight is 399 g/mol. The Morgan fingerprint density at radius 1 is 0.828 bits per heavy atom. The van der Waals surface area contributed by atoms with Gasteiger partial charge >= 0.3 is 0 Å². The third-order valence-electron chi connectivity index (χ3n) is 4.68. The Morgan fingerprint density at radius 3 is 2.38 bits per heavy atom. The second-order valence-corrected chi connectivity index (χ2v) is 7.29. The molecule has 1 heterocycles. The quantitative estimate of drug-likeness (QED) is 0.459. The van der Waals surface area contributed by atoms with E-state index in [-0.39, 0.29) is 5.56 Å². The first-order chi connectivity index (χ1) is 14.2. The highest BCUT2D eigenvalue weighted by Crippen LogP contribution is 2.13. The maximum atomic E-state index is 12.9. The van der Waals surface area contributed by atoms with Crippen molar-refractivity contribution in [2.24, 2.45) is 0 Å². The van der Waals surface area contributed by atoms with Crippen molar-refractivity contribution >= 4 is 22.5 Å². The number of rotatable bonds is 4. The molecular formula is C25H19ClN2O. The fraction of sp³-hybridized carbons (Fsp3) is 0.120. The van der Waals surface area contributed by atoms with Gasteiger partial charge in [0.05, 0.1) is 23.8 Å². The Labute approximate surface area is 174 Å². The minimum Gasteiger partial charge on any atom is -0.294 e. The molecule has 4 aromatic rings. The summed E-state index contributed by atoms with van der Waals surface area (Å²) in [5.74, 6) is 6.40. The number of hydrogen-bond acceptors (Lipinski definition) is 2. The van der Waals surface area contributed by atoms with Crippen molar-refractivity contribution in [1.29, 1.82) is 0 Å². The van der Waals surface area contributed by atoms with E-state index in [1.807, 2.05) is 60.7 Å². The third kappa shape index (κ3) is 4.74. The third-order valence-corrected chi connectivity index (χ3v) is 4.92. The lowest BCUT2D eigenvalue weighted by atomic mass is 10.1. The van der Waals surface area contributed by atoms with Crippen LogP contribution in [0, 0.1) is 11.8 Å². The molecule has 29 heavy (non-hydrogen) atoms. The fourth-order valence-corrected chi connectivity index (χ4v) is 3.40. The van der Waals surface area contributed by atoms with Gasteiger partial charge in [0.2, 0.25) is 0 Å². The summed E-state index contributed by atoms with van der Waals surface area (Å²) in [5.41, 5.74) is 3.81. The molecule has 0 aliphatic carbocycles. The lowest BCUT2D eigenvalue weighted by Crippen LogP contribution is -2.21. The SMILES string of the molecule is O=c1c2cc(CC#CCc3ccccc3)ccc2ncn1Cc1cccc(Cl)c1. The number of fused-ring (bicyclic) bond motifs is 1. The van der Waals surface area contributed by atoms with Crippen molar-refractivity contribution in [3.05, 3.63) is 111 Å². The molecule has 1 aromatic heterocycles. The summed E-state index contributed by atoms with van der Waals surface area (Å²) >= 11 is 6.05. The van der Waals surface area contributed by atoms with E-state index in [2.05, 4.69) is 29.0 Å². The van der Waals surface area contributed by atoms with Crippen LogP contribution in [0.3, 0.4) is 0 Å². The molecule has 0 fully saturated rings. The zero-order valence-corrected chi connectivity index (χ0v) is 16.6. The van der Waals surface area contributed by atoms with E-state index in [4.69, 9.17) is 11.6 Å². The topological polar surface area (TPSA) is 34.9 Å². The predicted octanol–water partition coefficient (Wildman–Crippen LogP) is 4.89. The average Bonchev–Trinajstić information content (AvgIpc) is 2.74. The predicted molar refractivity (Wildman–Crippen MR) is 118 cm³/mol. The molecule has 4 rings (SSSR count). The molecule has 142 valence electrons. The molecule has 0 saturated carbocycles. The van der Waals surface area contributed by atoms with Gasteiger partial charge in [-0.1, -0.05) is 72.0 Å². The van der Waals surface area contributed by atoms with E-state index in [1.54, 1.807) is 10.9 Å². The Hall–Kier alpha value is -3.35. The van der Waals surface area contributed by atoms with Gasteiger partial charge in [-0.2, -0.15) is 0 Å². The number of halogens is 1. The van der Waals surface area contributed by atoms with Crippen molar-refractivity contribution in [3.8, 4) is 11.8 Å². The van der Waals surface area contributed by atoms with Gasteiger partial charge in [0.25, 0.3) is 5.56 Å². The second kappa shape index (κ2) is 8.77. The van der Waals surface area contributed by atoms with Gasteiger partial charge in [0.1, 0.15) is 0 Å². The van der Waals surface area contributed by atoms with Crippen LogP contribution >= 0.6 is 11.6 Å². The van der Waals surface area contributed by atoms with E-state index in [9.17, 15) is 4.79 Å². The van der Waals surface area contributed by atoms with Gasteiger partial charge in [-0.25, -0.2) is 4.98 Å². The highest BCUT2D eigenvalue weighted by atomic mass is 35.5. The molecule has 0 bridgehead atoms. The van der Waals surface area contributed by atoms with E-state index in [0.717, 1.165) is 17.5 Å². The summed E-state index contributed by atoms with van der Waals surface area (Å²) in [6.07, 6.45) is 2.92. The van der Waals surface area contributed by atoms with Crippen molar-refractivity contribution < 1.29 is 0 Å². The van der Waals surface area contributed by atoms with Crippen LogP contribution in [0.1, 0.15) is 16.7 Å². The molecular weight excluding hydrogens is 380 g/mol. The first-order valence-electron chi connectivity index (χ1n) is 9.41. The molecule has 0 radical (unpaired) electrons. The molecule has 0 saturated heterocycles. The van der Waals surface area contributed by atoms with E-state index in [0.29, 0.717) is 28.9 Å². The summed E-state index contributed by atoms with van der Waals surface area (Å²) in [4.78, 5) is 17.4. The Morgan fingerprint density at radius 2 is 1.59 bits per heavy atom. The molecule has 0 N–H and O–H groups in total. The van der Waals surface area contributed by atoms with Crippen LogP contribution in [0.15, 0.2) is 83.9 Å². The van der Waals surface area contributed by atoms with Gasteiger partial charge in [0.15, 0.2) is 0 Å². The second-order valence-electron chi connectivity index (χ2n) is 6.85. The van der Waals surface area contributed by atoms with Crippen LogP contribution in [-0.4, -0.2) is 9.55 Å². The van der Waals surface area contributed by atoms with Crippen molar-refractivity contribution in [1.82, 2.24) is 9.55 Å². The lowest BCUT2D eigenvalue weighted by Gasteiger charge is -2.08. The maximum absolute atomic E-state index is 12.9. The summed E-state index contributed by atoms with van der Waals surface area (Å²) in [6.45, 7) is 0.434. The molecule has 0 aliphatic rings. The molecule has 3 nitrogen and oxygen atoms in total. The van der Waals surface area contributed by atoms with Gasteiger partial charge < -0.3 is 0 Å². The Bertz CT molecular complexity index is 1270. The van der Waals surface area contributed by atoms with Crippen LogP contribution in [0.2, 0.25) is 5.02 Å². The summed E-state index contributed by atoms with van der Waals surface area (Å²) in [7, 11) is 0. The van der Waals surface area contributed by atoms with Gasteiger partial charge in [-0.05, 0) is 41.0 Å². The monoisotopic (exact) mass is 398 g/mol. The molecule has 3 aromatic carbocycles. The summed E-state index contributed by atoms with van der Waals surface area (Å²) in [5, 5.41) is 1.26. The summed E-state index contributed by atoms with van der Waals surface area (Å²) < 4.78 is 1.61. The Kier molecular flexibility index (Phi) is 5.74. The van der Waals surface area contributed by atoms with Crippen LogP contribution in [0.4, 0.5) is 0 Å². The minimum absolute atomic E-state index is 0.0610. The van der Waals surface area contributed by atoms with Crippen molar-refractivity contribution in [2.45, 2.75) is 19.4 Å². The first-order valence-corrected chi connectivity index (χ1v) is 9.79. The minimum atomic E-state index is -0.0610. The number of nitrogens with zero attached hydrogens (tertiary/aromatic N) is 2. The van der Waals surface area contributed by atoms with E-state index in [1.165, 1.54) is 5.56 Å². The number of aromatic nitrogens is 2. The van der Waals surface area contributed by atoms with Gasteiger partial charge in [0, 0.05) is 17.9 Å². The Balaban J connectivity index is 1.55. The largest absolute Gasteiger partial charge is 0.294 e. The van der Waals surface area contributed by atoms with E-state index < -0.39 is 0 Å². The molecule has 4 heteroatoms.